The van der Waals surface area contributed by atoms with Gasteiger partial charge in [0, 0.05) is 48.9 Å². The van der Waals surface area contributed by atoms with Gasteiger partial charge in [-0.15, -0.1) is 0 Å². The van der Waals surface area contributed by atoms with Crippen molar-refractivity contribution < 1.29 is 8.91 Å². The third kappa shape index (κ3) is 3.99. The van der Waals surface area contributed by atoms with Crippen molar-refractivity contribution in [2.75, 3.05) is 33.7 Å². The van der Waals surface area contributed by atoms with E-state index >= 15 is 0 Å². The first-order valence-corrected chi connectivity index (χ1v) is 9.24. The fourth-order valence-corrected chi connectivity index (χ4v) is 3.25. The number of hydrogen-bond donors (Lipinski definition) is 1. The second-order valence-corrected chi connectivity index (χ2v) is 7.02. The first-order valence-electron chi connectivity index (χ1n) is 9.24. The summed E-state index contributed by atoms with van der Waals surface area (Å²) < 4.78 is 19.5. The Hall–Kier alpha value is -2.93. The molecule has 0 aliphatic heterocycles. The van der Waals surface area contributed by atoms with Crippen LogP contribution in [-0.2, 0) is 6.42 Å². The fraction of sp³-hybridized carbons (Fsp3) is 0.333. The molecule has 3 aromatic rings. The highest BCUT2D eigenvalue weighted by Gasteiger charge is 2.18. The number of nitrogens with one attached hydrogen (secondary N) is 1. The Kier molecular flexibility index (Phi) is 5.94. The zero-order valence-corrected chi connectivity index (χ0v) is 16.6. The molecule has 0 spiro atoms. The summed E-state index contributed by atoms with van der Waals surface area (Å²) in [6.07, 6.45) is 3.57. The summed E-state index contributed by atoms with van der Waals surface area (Å²) in [7, 11) is 4.09. The van der Waals surface area contributed by atoms with E-state index in [1.165, 1.54) is 12.5 Å². The van der Waals surface area contributed by atoms with E-state index in [-0.39, 0.29) is 5.82 Å². The molecule has 7 heteroatoms. The second kappa shape index (κ2) is 8.39. The fourth-order valence-electron chi connectivity index (χ4n) is 3.25. The maximum absolute atomic E-state index is 14.6. The van der Waals surface area contributed by atoms with Crippen molar-refractivity contribution in [2.45, 2.75) is 13.3 Å². The van der Waals surface area contributed by atoms with Gasteiger partial charge in [-0.05, 0) is 44.3 Å². The number of likely N-dealkylation sites (N-methyl/N-ethyl adjacent to an activating group) is 2. The number of fused-ring (bicyclic) bond motifs is 1. The van der Waals surface area contributed by atoms with Gasteiger partial charge in [0.05, 0.1) is 5.52 Å². The van der Waals surface area contributed by atoms with Crippen LogP contribution in [0.1, 0.15) is 12.5 Å². The van der Waals surface area contributed by atoms with Crippen molar-refractivity contribution in [1.82, 2.24) is 24.9 Å². The van der Waals surface area contributed by atoms with Crippen molar-refractivity contribution >= 4 is 10.9 Å². The van der Waals surface area contributed by atoms with Gasteiger partial charge in [0.25, 0.3) is 0 Å². The molecule has 1 N–H and O–H groups in total. The predicted octanol–water partition coefficient (Wildman–Crippen LogP) is 3.85. The van der Waals surface area contributed by atoms with Crippen LogP contribution in [0, 0.1) is 5.82 Å². The molecule has 0 atom stereocenters. The number of H-pyrrole nitrogens is 1. The Morgan fingerprint density at radius 3 is 2.68 bits per heavy atom. The summed E-state index contributed by atoms with van der Waals surface area (Å²) in [5, 5.41) is 4.38. The quantitative estimate of drug-likeness (QED) is 0.569. The number of aromatic amines is 1. The highest BCUT2D eigenvalue weighted by atomic mass is 19.1. The van der Waals surface area contributed by atoms with Crippen LogP contribution in [0.5, 0.6) is 0 Å². The summed E-state index contributed by atoms with van der Waals surface area (Å²) in [5.41, 5.74) is 3.92. The Bertz CT molecular complexity index is 974. The zero-order chi connectivity index (χ0) is 20.3. The average molecular weight is 383 g/mol. The minimum atomic E-state index is -0.295. The van der Waals surface area contributed by atoms with Crippen molar-refractivity contribution in [2.24, 2.45) is 0 Å². The molecule has 0 bridgehead atoms. The average Bonchev–Trinajstić information content (AvgIpc) is 3.33. The van der Waals surface area contributed by atoms with Gasteiger partial charge in [0.1, 0.15) is 5.82 Å². The minimum absolute atomic E-state index is 0.295. The number of benzene rings is 1. The highest BCUT2D eigenvalue weighted by Crippen LogP contribution is 2.31. The normalized spacial score (nSPS) is 11.3. The topological polar surface area (TPSA) is 61.2 Å². The smallest absolute Gasteiger partial charge is 0.214 e. The third-order valence-electron chi connectivity index (χ3n) is 4.86. The molecule has 0 fully saturated rings. The summed E-state index contributed by atoms with van der Waals surface area (Å²) in [5.74, 6) is 0.124. The summed E-state index contributed by atoms with van der Waals surface area (Å²) in [4.78, 5) is 11.6. The molecule has 0 saturated carbocycles. The number of halogens is 1. The number of aromatic nitrogens is 3. The molecule has 0 saturated heterocycles. The van der Waals surface area contributed by atoms with E-state index in [2.05, 4.69) is 45.0 Å². The lowest BCUT2D eigenvalue weighted by atomic mass is 10.0. The Morgan fingerprint density at radius 1 is 1.25 bits per heavy atom. The highest BCUT2D eigenvalue weighted by molar-refractivity contribution is 5.95. The van der Waals surface area contributed by atoms with Crippen LogP contribution in [-0.4, -0.2) is 58.7 Å². The number of allylic oxidation sites excluding steroid dienone is 1. The molecular formula is C21H26FN5O. The van der Waals surface area contributed by atoms with Crippen molar-refractivity contribution in [1.29, 1.82) is 0 Å². The van der Waals surface area contributed by atoms with Gasteiger partial charge in [-0.3, -0.25) is 0 Å². The van der Waals surface area contributed by atoms with E-state index in [0.717, 1.165) is 36.5 Å². The van der Waals surface area contributed by atoms with Crippen molar-refractivity contribution in [3.8, 4) is 11.4 Å². The molecule has 28 heavy (non-hydrogen) atoms. The SMILES string of the molecule is C=C(Cc1c[nH]c2c(-c3ncon3)ccc(F)c12)C(=C)N(CC)CCN(C)C. The number of rotatable bonds is 9. The monoisotopic (exact) mass is 383 g/mol. The first-order chi connectivity index (χ1) is 13.4. The van der Waals surface area contributed by atoms with Crippen molar-refractivity contribution in [3.05, 3.63) is 60.5 Å². The van der Waals surface area contributed by atoms with E-state index in [0.29, 0.717) is 28.7 Å². The summed E-state index contributed by atoms with van der Waals surface area (Å²) in [6.45, 7) is 13.2. The van der Waals surface area contributed by atoms with Crippen LogP contribution in [0.4, 0.5) is 4.39 Å². The Morgan fingerprint density at radius 2 is 2.04 bits per heavy atom. The molecule has 0 unspecified atom stereocenters. The largest absolute Gasteiger partial charge is 0.371 e. The van der Waals surface area contributed by atoms with Crippen LogP contribution in [0.15, 0.2) is 53.7 Å². The Balaban J connectivity index is 1.85. The molecule has 6 nitrogen and oxygen atoms in total. The van der Waals surface area contributed by atoms with Gasteiger partial charge < -0.3 is 19.3 Å². The van der Waals surface area contributed by atoms with Gasteiger partial charge in [-0.2, -0.15) is 4.98 Å². The summed E-state index contributed by atoms with van der Waals surface area (Å²) in [6, 6.07) is 3.08. The van der Waals surface area contributed by atoms with Crippen LogP contribution < -0.4 is 0 Å². The van der Waals surface area contributed by atoms with E-state index in [4.69, 9.17) is 4.52 Å². The van der Waals surface area contributed by atoms with E-state index in [9.17, 15) is 4.39 Å². The third-order valence-corrected chi connectivity index (χ3v) is 4.86. The lowest BCUT2D eigenvalue weighted by molar-refractivity contribution is 0.302. The van der Waals surface area contributed by atoms with Crippen LogP contribution in [0.3, 0.4) is 0 Å². The predicted molar refractivity (Wildman–Crippen MR) is 109 cm³/mol. The number of hydrogen-bond acceptors (Lipinski definition) is 5. The molecule has 0 radical (unpaired) electrons. The van der Waals surface area contributed by atoms with E-state index in [1.54, 1.807) is 6.07 Å². The van der Waals surface area contributed by atoms with Gasteiger partial charge >= 0.3 is 0 Å². The standard InChI is InChI=1S/C21H26FN5O/c1-6-27(10-9-26(4)5)15(3)14(2)11-16-12-23-20-17(21-24-13-28-25-21)7-8-18(22)19(16)20/h7-8,12-13,23H,2-3,6,9-11H2,1,4-5H3. The molecule has 2 heterocycles. The van der Waals surface area contributed by atoms with Crippen LogP contribution in [0.25, 0.3) is 22.3 Å². The molecular weight excluding hydrogens is 357 g/mol. The molecule has 0 aliphatic carbocycles. The lowest BCUT2D eigenvalue weighted by Gasteiger charge is -2.28. The maximum atomic E-state index is 14.6. The van der Waals surface area contributed by atoms with Gasteiger partial charge in [-0.1, -0.05) is 18.3 Å². The number of nitrogens with zero attached hydrogens (tertiary/aromatic N) is 4. The molecule has 2 aromatic heterocycles. The van der Waals surface area contributed by atoms with E-state index in [1.807, 2.05) is 20.3 Å². The van der Waals surface area contributed by atoms with Crippen molar-refractivity contribution in [3.63, 3.8) is 0 Å². The van der Waals surface area contributed by atoms with Gasteiger partial charge in [-0.25, -0.2) is 4.39 Å². The molecule has 0 aliphatic rings. The molecule has 0 amide bonds. The van der Waals surface area contributed by atoms with Gasteiger partial charge in [0.15, 0.2) is 0 Å². The second-order valence-electron chi connectivity index (χ2n) is 7.02. The molecule has 3 rings (SSSR count). The maximum Gasteiger partial charge on any atom is 0.214 e. The Labute approximate surface area is 164 Å². The van der Waals surface area contributed by atoms with E-state index < -0.39 is 0 Å². The van der Waals surface area contributed by atoms with Gasteiger partial charge in [0.2, 0.25) is 12.2 Å². The minimum Gasteiger partial charge on any atom is -0.371 e. The zero-order valence-electron chi connectivity index (χ0n) is 16.6. The van der Waals surface area contributed by atoms with Crippen LogP contribution >= 0.6 is 0 Å². The molecule has 148 valence electrons. The first kappa shape index (κ1) is 19.8. The summed E-state index contributed by atoms with van der Waals surface area (Å²) >= 11 is 0. The lowest BCUT2D eigenvalue weighted by Crippen LogP contribution is -2.31. The molecule has 1 aromatic carbocycles. The van der Waals surface area contributed by atoms with Crippen LogP contribution in [0.2, 0.25) is 0 Å².